The predicted octanol–water partition coefficient (Wildman–Crippen LogP) is 2.42. The van der Waals surface area contributed by atoms with Crippen LogP contribution in [0.1, 0.15) is 49.7 Å². The molecule has 0 aromatic heterocycles. The number of hydrogen-bond donors (Lipinski definition) is 2. The van der Waals surface area contributed by atoms with Crippen molar-refractivity contribution < 1.29 is 4.79 Å². The van der Waals surface area contributed by atoms with E-state index in [2.05, 4.69) is 34.5 Å². The van der Waals surface area contributed by atoms with E-state index in [1.54, 1.807) is 0 Å². The molecule has 2 atom stereocenters. The molecule has 3 rings (SSSR count). The highest BCUT2D eigenvalue weighted by atomic mass is 16.1. The Morgan fingerprint density at radius 2 is 1.78 bits per heavy atom. The minimum absolute atomic E-state index is 0.105. The highest BCUT2D eigenvalue weighted by Gasteiger charge is 2.24. The molecule has 1 amide bonds. The molecule has 0 bridgehead atoms. The van der Waals surface area contributed by atoms with Crippen molar-refractivity contribution in [2.24, 2.45) is 11.7 Å². The van der Waals surface area contributed by atoms with Crippen molar-refractivity contribution in [3.05, 3.63) is 35.4 Å². The van der Waals surface area contributed by atoms with Crippen LogP contribution in [0.2, 0.25) is 0 Å². The van der Waals surface area contributed by atoms with Crippen LogP contribution in [0.5, 0.6) is 0 Å². The van der Waals surface area contributed by atoms with E-state index in [-0.39, 0.29) is 17.9 Å². The Morgan fingerprint density at radius 1 is 1.09 bits per heavy atom. The van der Waals surface area contributed by atoms with E-state index in [1.807, 2.05) is 0 Å². The number of rotatable bonds is 5. The summed E-state index contributed by atoms with van der Waals surface area (Å²) in [5.74, 6) is 0.273. The lowest BCUT2D eigenvalue weighted by molar-refractivity contribution is -0.126. The molecule has 1 saturated heterocycles. The average molecular weight is 315 g/mol. The number of likely N-dealkylation sites (tertiary alicyclic amines) is 1. The minimum Gasteiger partial charge on any atom is -0.352 e. The molecule has 1 aromatic carbocycles. The first-order valence-corrected chi connectivity index (χ1v) is 9.04. The van der Waals surface area contributed by atoms with Gasteiger partial charge in [-0.05, 0) is 56.3 Å². The molecule has 2 unspecified atom stereocenters. The zero-order valence-electron chi connectivity index (χ0n) is 14.0. The van der Waals surface area contributed by atoms with E-state index in [0.29, 0.717) is 6.54 Å². The van der Waals surface area contributed by atoms with Crippen LogP contribution in [0.25, 0.3) is 0 Å². The topological polar surface area (TPSA) is 58.4 Å². The largest absolute Gasteiger partial charge is 0.352 e. The summed E-state index contributed by atoms with van der Waals surface area (Å²) in [4.78, 5) is 14.7. The van der Waals surface area contributed by atoms with Crippen LogP contribution in [0.4, 0.5) is 0 Å². The van der Waals surface area contributed by atoms with Gasteiger partial charge in [0.2, 0.25) is 5.91 Å². The number of amides is 1. The maximum Gasteiger partial charge on any atom is 0.223 e. The van der Waals surface area contributed by atoms with Gasteiger partial charge in [-0.1, -0.05) is 30.7 Å². The first kappa shape index (κ1) is 16.5. The fraction of sp³-hybridized carbons (Fsp3) is 0.632. The number of nitrogens with zero attached hydrogens (tertiary/aromatic N) is 1. The molecular formula is C19H29N3O. The third-order valence-corrected chi connectivity index (χ3v) is 5.18. The zero-order chi connectivity index (χ0) is 16.1. The van der Waals surface area contributed by atoms with E-state index >= 15 is 0 Å². The first-order chi connectivity index (χ1) is 11.2. The molecule has 3 N–H and O–H groups in total. The van der Waals surface area contributed by atoms with Gasteiger partial charge in [0.1, 0.15) is 0 Å². The SMILES string of the molecule is NC1CCCC(C(=O)NCc2ccc(CN3CCCC3)cc2)C1. The number of carbonyl (C=O) groups excluding carboxylic acids is 1. The van der Waals surface area contributed by atoms with E-state index in [1.165, 1.54) is 37.1 Å². The molecule has 1 heterocycles. The summed E-state index contributed by atoms with van der Waals surface area (Å²) in [5.41, 5.74) is 8.50. The molecule has 2 aliphatic rings. The molecular weight excluding hydrogens is 286 g/mol. The van der Waals surface area contributed by atoms with Crippen molar-refractivity contribution in [3.8, 4) is 0 Å². The predicted molar refractivity (Wildman–Crippen MR) is 92.7 cm³/mol. The summed E-state index contributed by atoms with van der Waals surface area (Å²) in [7, 11) is 0. The smallest absolute Gasteiger partial charge is 0.223 e. The number of hydrogen-bond acceptors (Lipinski definition) is 3. The molecule has 1 aliphatic carbocycles. The average Bonchev–Trinajstić information content (AvgIpc) is 3.07. The van der Waals surface area contributed by atoms with Gasteiger partial charge in [0.05, 0.1) is 0 Å². The molecule has 1 saturated carbocycles. The lowest BCUT2D eigenvalue weighted by Gasteiger charge is -2.25. The normalized spacial score (nSPS) is 25.4. The third kappa shape index (κ3) is 4.79. The Morgan fingerprint density at radius 3 is 2.48 bits per heavy atom. The van der Waals surface area contributed by atoms with Crippen molar-refractivity contribution in [3.63, 3.8) is 0 Å². The standard InChI is InChI=1S/C19H29N3O/c20-18-5-3-4-17(12-18)19(23)21-13-15-6-8-16(9-7-15)14-22-10-1-2-11-22/h6-9,17-18H,1-5,10-14,20H2,(H,21,23). The van der Waals surface area contributed by atoms with Crippen molar-refractivity contribution in [1.29, 1.82) is 0 Å². The monoisotopic (exact) mass is 315 g/mol. The van der Waals surface area contributed by atoms with E-state index < -0.39 is 0 Å². The van der Waals surface area contributed by atoms with Crippen LogP contribution in [0, 0.1) is 5.92 Å². The Balaban J connectivity index is 1.45. The second-order valence-corrected chi connectivity index (χ2v) is 7.14. The Labute approximate surface area is 139 Å². The first-order valence-electron chi connectivity index (χ1n) is 9.04. The quantitative estimate of drug-likeness (QED) is 0.877. The fourth-order valence-corrected chi connectivity index (χ4v) is 3.76. The second-order valence-electron chi connectivity index (χ2n) is 7.14. The van der Waals surface area contributed by atoms with Crippen molar-refractivity contribution >= 4 is 5.91 Å². The fourth-order valence-electron chi connectivity index (χ4n) is 3.76. The van der Waals surface area contributed by atoms with E-state index in [4.69, 9.17) is 5.73 Å². The molecule has 0 spiro atoms. The van der Waals surface area contributed by atoms with Gasteiger partial charge in [-0.2, -0.15) is 0 Å². The van der Waals surface area contributed by atoms with Crippen LogP contribution in [-0.2, 0) is 17.9 Å². The Bertz CT molecular complexity index is 508. The molecule has 23 heavy (non-hydrogen) atoms. The molecule has 1 aromatic rings. The van der Waals surface area contributed by atoms with E-state index in [0.717, 1.165) is 32.2 Å². The number of benzene rings is 1. The van der Waals surface area contributed by atoms with Gasteiger partial charge in [-0.3, -0.25) is 9.69 Å². The van der Waals surface area contributed by atoms with Gasteiger partial charge >= 0.3 is 0 Å². The summed E-state index contributed by atoms with van der Waals surface area (Å²) >= 11 is 0. The molecule has 0 radical (unpaired) electrons. The van der Waals surface area contributed by atoms with Crippen LogP contribution in [0.3, 0.4) is 0 Å². The van der Waals surface area contributed by atoms with Crippen molar-refractivity contribution in [2.75, 3.05) is 13.1 Å². The van der Waals surface area contributed by atoms with Gasteiger partial charge in [0.25, 0.3) is 0 Å². The molecule has 1 aliphatic heterocycles. The van der Waals surface area contributed by atoms with Gasteiger partial charge in [0, 0.05) is 25.0 Å². The zero-order valence-corrected chi connectivity index (χ0v) is 14.0. The summed E-state index contributed by atoms with van der Waals surface area (Å²) in [5, 5.41) is 3.08. The maximum atomic E-state index is 12.2. The molecule has 126 valence electrons. The second kappa shape index (κ2) is 7.93. The van der Waals surface area contributed by atoms with Gasteiger partial charge in [0.15, 0.2) is 0 Å². The molecule has 4 heteroatoms. The number of carbonyl (C=O) groups is 1. The highest BCUT2D eigenvalue weighted by molar-refractivity contribution is 5.78. The van der Waals surface area contributed by atoms with Crippen LogP contribution in [-0.4, -0.2) is 29.9 Å². The van der Waals surface area contributed by atoms with Crippen LogP contribution in [0.15, 0.2) is 24.3 Å². The van der Waals surface area contributed by atoms with Gasteiger partial charge in [-0.15, -0.1) is 0 Å². The number of nitrogens with two attached hydrogens (primary N) is 1. The van der Waals surface area contributed by atoms with Crippen molar-refractivity contribution in [1.82, 2.24) is 10.2 Å². The Hall–Kier alpha value is -1.39. The summed E-state index contributed by atoms with van der Waals surface area (Å²) in [6, 6.07) is 8.85. The highest BCUT2D eigenvalue weighted by Crippen LogP contribution is 2.23. The third-order valence-electron chi connectivity index (χ3n) is 5.18. The van der Waals surface area contributed by atoms with Gasteiger partial charge in [-0.25, -0.2) is 0 Å². The summed E-state index contributed by atoms with van der Waals surface area (Å²) < 4.78 is 0. The number of nitrogens with one attached hydrogen (secondary N) is 1. The lowest BCUT2D eigenvalue weighted by Crippen LogP contribution is -2.37. The van der Waals surface area contributed by atoms with E-state index in [9.17, 15) is 4.79 Å². The van der Waals surface area contributed by atoms with Gasteiger partial charge < -0.3 is 11.1 Å². The lowest BCUT2D eigenvalue weighted by atomic mass is 9.85. The molecule has 2 fully saturated rings. The Kier molecular flexibility index (Phi) is 5.68. The molecule has 4 nitrogen and oxygen atoms in total. The summed E-state index contributed by atoms with van der Waals surface area (Å²) in [6.45, 7) is 4.11. The van der Waals surface area contributed by atoms with Crippen molar-refractivity contribution in [2.45, 2.75) is 57.7 Å². The van der Waals surface area contributed by atoms with Crippen LogP contribution >= 0.6 is 0 Å². The summed E-state index contributed by atoms with van der Waals surface area (Å²) in [6.07, 6.45) is 6.60. The minimum atomic E-state index is 0.105. The maximum absolute atomic E-state index is 12.2. The van der Waals surface area contributed by atoms with Crippen LogP contribution < -0.4 is 11.1 Å².